The van der Waals surface area contributed by atoms with Gasteiger partial charge in [0.2, 0.25) is 0 Å². The minimum absolute atomic E-state index is 0.469. The molecule has 0 aliphatic heterocycles. The topological polar surface area (TPSA) is 18.5 Å². The van der Waals surface area contributed by atoms with E-state index in [9.17, 15) is 0 Å². The Morgan fingerprint density at radius 3 is 1.35 bits per heavy atom. The highest BCUT2D eigenvalue weighted by Gasteiger charge is 1.92. The Hall–Kier alpha value is 0.880. The molecule has 0 rings (SSSR count). The molecule has 0 fully saturated rings. The molecule has 0 heterocycles. The highest BCUT2D eigenvalue weighted by Crippen LogP contribution is 2.03. The predicted molar refractivity (Wildman–Crippen MR) is 81.3 cm³/mol. The molecule has 0 radical (unpaired) electrons. The van der Waals surface area contributed by atoms with Crippen molar-refractivity contribution in [3.8, 4) is 0 Å². The fourth-order valence-corrected chi connectivity index (χ4v) is 2.27. The summed E-state index contributed by atoms with van der Waals surface area (Å²) >= 11 is 6.86. The minimum atomic E-state index is 0.469. The molecular weight excluding hydrogens is 348 g/mol. The van der Waals surface area contributed by atoms with E-state index in [1.54, 1.807) is 0 Å². The lowest BCUT2D eigenvalue weighted by Crippen LogP contribution is -2.03. The Balaban J connectivity index is 2.85. The average molecular weight is 374 g/mol. The van der Waals surface area contributed by atoms with Gasteiger partial charge in [-0.15, -0.1) is 0 Å². The highest BCUT2D eigenvalue weighted by atomic mass is 79.9. The first-order chi connectivity index (χ1) is 8.41. The van der Waals surface area contributed by atoms with Crippen LogP contribution in [0.3, 0.4) is 0 Å². The molecule has 0 N–H and O–H groups in total. The quantitative estimate of drug-likeness (QED) is 0.245. The van der Waals surface area contributed by atoms with Gasteiger partial charge in [0.25, 0.3) is 0 Å². The minimum Gasteiger partial charge on any atom is -0.355 e. The molecule has 104 valence electrons. The van der Waals surface area contributed by atoms with Gasteiger partial charge in [-0.3, -0.25) is 0 Å². The largest absolute Gasteiger partial charge is 0.355 e. The van der Waals surface area contributed by atoms with Crippen molar-refractivity contribution in [1.82, 2.24) is 0 Å². The number of hydrogen-bond acceptors (Lipinski definition) is 2. The van der Waals surface area contributed by atoms with E-state index in [4.69, 9.17) is 9.47 Å². The van der Waals surface area contributed by atoms with E-state index in [1.165, 1.54) is 38.5 Å². The first kappa shape index (κ1) is 17.9. The number of alkyl halides is 2. The number of hydrogen-bond donors (Lipinski definition) is 0. The molecule has 0 saturated heterocycles. The van der Waals surface area contributed by atoms with Crippen molar-refractivity contribution in [2.75, 3.05) is 30.7 Å². The zero-order valence-electron chi connectivity index (χ0n) is 10.8. The molecule has 0 saturated carbocycles. The van der Waals surface area contributed by atoms with Crippen LogP contribution in [0.4, 0.5) is 0 Å². The van der Waals surface area contributed by atoms with E-state index in [0.29, 0.717) is 6.79 Å². The third-order valence-electron chi connectivity index (χ3n) is 2.51. The molecule has 0 aliphatic carbocycles. The molecule has 17 heavy (non-hydrogen) atoms. The summed E-state index contributed by atoms with van der Waals surface area (Å²) in [5, 5.41) is 2.23. The van der Waals surface area contributed by atoms with Crippen LogP contribution in [-0.2, 0) is 9.47 Å². The molecule has 0 bridgehead atoms. The van der Waals surface area contributed by atoms with Gasteiger partial charge in [0.1, 0.15) is 6.79 Å². The number of unbranched alkanes of at least 4 members (excludes halogenated alkanes) is 6. The smallest absolute Gasteiger partial charge is 0.146 e. The van der Waals surface area contributed by atoms with Crippen molar-refractivity contribution < 1.29 is 9.47 Å². The van der Waals surface area contributed by atoms with E-state index in [0.717, 1.165) is 36.7 Å². The summed E-state index contributed by atoms with van der Waals surface area (Å²) in [7, 11) is 0. The maximum atomic E-state index is 5.40. The van der Waals surface area contributed by atoms with Gasteiger partial charge in [0.15, 0.2) is 0 Å². The lowest BCUT2D eigenvalue weighted by atomic mass is 10.2. The van der Waals surface area contributed by atoms with Crippen molar-refractivity contribution in [1.29, 1.82) is 0 Å². The van der Waals surface area contributed by atoms with Crippen LogP contribution in [0.5, 0.6) is 0 Å². The molecule has 0 aromatic carbocycles. The van der Waals surface area contributed by atoms with Crippen molar-refractivity contribution in [3.63, 3.8) is 0 Å². The van der Waals surface area contributed by atoms with E-state index >= 15 is 0 Å². The Bertz CT molecular complexity index is 121. The van der Waals surface area contributed by atoms with E-state index in [-0.39, 0.29) is 0 Å². The fourth-order valence-electron chi connectivity index (χ4n) is 1.48. The van der Waals surface area contributed by atoms with Gasteiger partial charge in [0.05, 0.1) is 0 Å². The van der Waals surface area contributed by atoms with Crippen molar-refractivity contribution >= 4 is 31.9 Å². The van der Waals surface area contributed by atoms with Crippen LogP contribution in [0, 0.1) is 0 Å². The van der Waals surface area contributed by atoms with Gasteiger partial charge in [-0.2, -0.15) is 0 Å². The fraction of sp³-hybridized carbons (Fsp3) is 1.00. The van der Waals surface area contributed by atoms with Crippen LogP contribution in [0.25, 0.3) is 0 Å². The van der Waals surface area contributed by atoms with Gasteiger partial charge < -0.3 is 9.47 Å². The normalized spacial score (nSPS) is 10.9. The maximum absolute atomic E-state index is 5.40. The molecule has 0 unspecified atom stereocenters. The lowest BCUT2D eigenvalue weighted by molar-refractivity contribution is -0.0555. The van der Waals surface area contributed by atoms with Crippen molar-refractivity contribution in [3.05, 3.63) is 0 Å². The zero-order chi connectivity index (χ0) is 12.6. The van der Waals surface area contributed by atoms with Crippen molar-refractivity contribution in [2.24, 2.45) is 0 Å². The Morgan fingerprint density at radius 1 is 0.529 bits per heavy atom. The molecule has 0 aliphatic rings. The molecule has 0 aromatic heterocycles. The number of rotatable bonds is 14. The summed E-state index contributed by atoms with van der Waals surface area (Å²) in [5.41, 5.74) is 0. The van der Waals surface area contributed by atoms with Crippen LogP contribution in [0.15, 0.2) is 0 Å². The molecule has 2 nitrogen and oxygen atoms in total. The van der Waals surface area contributed by atoms with Gasteiger partial charge in [-0.25, -0.2) is 0 Å². The summed E-state index contributed by atoms with van der Waals surface area (Å²) in [6.45, 7) is 2.15. The zero-order valence-corrected chi connectivity index (χ0v) is 13.9. The van der Waals surface area contributed by atoms with E-state index in [1.807, 2.05) is 0 Å². The first-order valence-corrected chi connectivity index (χ1v) is 8.93. The van der Waals surface area contributed by atoms with Crippen LogP contribution in [-0.4, -0.2) is 30.7 Å². The second-order valence-corrected chi connectivity index (χ2v) is 5.73. The summed E-state index contributed by atoms with van der Waals surface area (Å²) in [4.78, 5) is 0. The number of halogens is 2. The standard InChI is InChI=1S/C13H26Br2O2/c14-9-5-1-3-7-11-16-13-17-12-8-4-2-6-10-15/h1-13H2. The Kier molecular flexibility index (Phi) is 17.8. The SMILES string of the molecule is BrCCCCCCOCOCCCCCCBr. The van der Waals surface area contributed by atoms with E-state index < -0.39 is 0 Å². The Morgan fingerprint density at radius 2 is 0.941 bits per heavy atom. The van der Waals surface area contributed by atoms with Crippen LogP contribution < -0.4 is 0 Å². The van der Waals surface area contributed by atoms with Crippen molar-refractivity contribution in [2.45, 2.75) is 51.4 Å². The first-order valence-electron chi connectivity index (χ1n) is 6.69. The molecule has 0 amide bonds. The van der Waals surface area contributed by atoms with Gasteiger partial charge in [-0.05, 0) is 25.7 Å². The lowest BCUT2D eigenvalue weighted by Gasteiger charge is -2.05. The second kappa shape index (κ2) is 16.9. The third-order valence-corrected chi connectivity index (χ3v) is 3.63. The van der Waals surface area contributed by atoms with Gasteiger partial charge >= 0.3 is 0 Å². The summed E-state index contributed by atoms with van der Waals surface area (Å²) in [5.74, 6) is 0. The monoisotopic (exact) mass is 372 g/mol. The molecule has 0 atom stereocenters. The summed E-state index contributed by atoms with van der Waals surface area (Å²) in [6, 6.07) is 0. The highest BCUT2D eigenvalue weighted by molar-refractivity contribution is 9.09. The van der Waals surface area contributed by atoms with Crippen LogP contribution >= 0.6 is 31.9 Å². The molecular formula is C13H26Br2O2. The van der Waals surface area contributed by atoms with E-state index in [2.05, 4.69) is 31.9 Å². The third kappa shape index (κ3) is 16.9. The summed E-state index contributed by atoms with van der Waals surface area (Å²) < 4.78 is 10.8. The average Bonchev–Trinajstić information content (AvgIpc) is 2.35. The summed E-state index contributed by atoms with van der Waals surface area (Å²) in [6.07, 6.45) is 9.96. The van der Waals surface area contributed by atoms with Gasteiger partial charge in [-0.1, -0.05) is 57.5 Å². The van der Waals surface area contributed by atoms with Gasteiger partial charge in [0, 0.05) is 23.9 Å². The maximum Gasteiger partial charge on any atom is 0.146 e. The number of ether oxygens (including phenoxy) is 2. The molecule has 0 aromatic rings. The predicted octanol–water partition coefficient (Wildman–Crippen LogP) is 4.89. The molecule has 0 spiro atoms. The molecule has 4 heteroatoms. The Labute approximate surface area is 123 Å². The van der Waals surface area contributed by atoms with Crippen LogP contribution in [0.1, 0.15) is 51.4 Å². The van der Waals surface area contributed by atoms with Crippen LogP contribution in [0.2, 0.25) is 0 Å². The second-order valence-electron chi connectivity index (χ2n) is 4.14.